The summed E-state index contributed by atoms with van der Waals surface area (Å²) < 4.78 is 12.6. The average molecular weight is 407 g/mol. The molecule has 29 heavy (non-hydrogen) atoms. The van der Waals surface area contributed by atoms with E-state index in [1.165, 1.54) is 21.4 Å². The monoisotopic (exact) mass is 407 g/mol. The van der Waals surface area contributed by atoms with Crippen molar-refractivity contribution in [2.75, 3.05) is 14.2 Å². The van der Waals surface area contributed by atoms with Gasteiger partial charge in [0.2, 0.25) is 4.96 Å². The van der Waals surface area contributed by atoms with Gasteiger partial charge in [-0.3, -0.25) is 4.79 Å². The van der Waals surface area contributed by atoms with Gasteiger partial charge in [0.05, 0.1) is 18.8 Å². The second-order valence-corrected chi connectivity index (χ2v) is 7.95. The molecule has 0 unspecified atom stereocenters. The maximum atomic E-state index is 12.8. The minimum Gasteiger partial charge on any atom is -0.493 e. The van der Waals surface area contributed by atoms with Crippen LogP contribution in [0.25, 0.3) is 22.4 Å². The summed E-state index contributed by atoms with van der Waals surface area (Å²) >= 11 is 1.33. The van der Waals surface area contributed by atoms with Gasteiger partial charge in [0.25, 0.3) is 5.56 Å². The first-order valence-corrected chi connectivity index (χ1v) is 10.1. The Hall–Kier alpha value is -3.19. The van der Waals surface area contributed by atoms with Crippen LogP contribution in [0.15, 0.2) is 47.3 Å². The molecule has 0 radical (unpaired) electrons. The van der Waals surface area contributed by atoms with Crippen molar-refractivity contribution in [3.63, 3.8) is 0 Å². The van der Waals surface area contributed by atoms with E-state index < -0.39 is 0 Å². The van der Waals surface area contributed by atoms with Crippen LogP contribution in [0.1, 0.15) is 30.9 Å². The summed E-state index contributed by atoms with van der Waals surface area (Å²) in [5.74, 6) is 2.16. The summed E-state index contributed by atoms with van der Waals surface area (Å²) in [7, 11) is 3.16. The lowest BCUT2D eigenvalue weighted by atomic mass is 10.0. The lowest BCUT2D eigenvalue weighted by Crippen LogP contribution is -2.23. The largest absolute Gasteiger partial charge is 0.493 e. The first-order valence-electron chi connectivity index (χ1n) is 9.24. The van der Waals surface area contributed by atoms with Crippen molar-refractivity contribution in [2.24, 2.45) is 0 Å². The normalized spacial score (nSPS) is 12.1. The van der Waals surface area contributed by atoms with Crippen molar-refractivity contribution in [3.8, 4) is 22.9 Å². The third kappa shape index (κ3) is 3.61. The molecular weight excluding hydrogens is 386 g/mol. The molecule has 4 rings (SSSR count). The van der Waals surface area contributed by atoms with Gasteiger partial charge in [-0.2, -0.15) is 9.50 Å². The molecule has 148 valence electrons. The molecule has 0 aliphatic carbocycles. The molecule has 0 amide bonds. The van der Waals surface area contributed by atoms with Crippen molar-refractivity contribution in [1.29, 1.82) is 0 Å². The number of fused-ring (bicyclic) bond motifs is 1. The Morgan fingerprint density at radius 3 is 2.38 bits per heavy atom. The highest BCUT2D eigenvalue weighted by atomic mass is 32.1. The number of aromatic nitrogens is 3. The van der Waals surface area contributed by atoms with Crippen LogP contribution in [-0.2, 0) is 0 Å². The van der Waals surface area contributed by atoms with E-state index in [9.17, 15) is 4.79 Å². The average Bonchev–Trinajstić information content (AvgIpc) is 3.27. The van der Waals surface area contributed by atoms with Crippen molar-refractivity contribution in [1.82, 2.24) is 14.6 Å². The van der Waals surface area contributed by atoms with Gasteiger partial charge in [0.15, 0.2) is 17.3 Å². The highest BCUT2D eigenvalue weighted by molar-refractivity contribution is 7.15. The fraction of sp³-hybridized carbons (Fsp3) is 0.227. The first-order chi connectivity index (χ1) is 14.0. The van der Waals surface area contributed by atoms with Gasteiger partial charge in [-0.15, -0.1) is 5.10 Å². The van der Waals surface area contributed by atoms with Crippen molar-refractivity contribution < 1.29 is 9.47 Å². The van der Waals surface area contributed by atoms with Crippen LogP contribution >= 0.6 is 11.3 Å². The fourth-order valence-corrected chi connectivity index (χ4v) is 3.97. The van der Waals surface area contributed by atoms with Gasteiger partial charge in [0, 0.05) is 5.56 Å². The lowest BCUT2D eigenvalue weighted by Gasteiger charge is -2.07. The van der Waals surface area contributed by atoms with Gasteiger partial charge in [0.1, 0.15) is 0 Å². The second kappa shape index (κ2) is 7.67. The van der Waals surface area contributed by atoms with E-state index in [-0.39, 0.29) is 5.56 Å². The number of thiazole rings is 1. The Morgan fingerprint density at radius 2 is 1.76 bits per heavy atom. The minimum absolute atomic E-state index is 0.169. The molecule has 2 aromatic heterocycles. The number of hydrogen-bond donors (Lipinski definition) is 0. The number of ether oxygens (including phenoxy) is 2. The van der Waals surface area contributed by atoms with E-state index in [4.69, 9.17) is 9.47 Å². The third-order valence-corrected chi connectivity index (χ3v) is 5.68. The summed E-state index contributed by atoms with van der Waals surface area (Å²) in [4.78, 5) is 17.9. The molecule has 2 heterocycles. The third-order valence-electron chi connectivity index (χ3n) is 4.72. The molecule has 4 aromatic rings. The van der Waals surface area contributed by atoms with Crippen LogP contribution in [0, 0.1) is 0 Å². The zero-order chi connectivity index (χ0) is 20.5. The van der Waals surface area contributed by atoms with Crippen LogP contribution in [0.3, 0.4) is 0 Å². The maximum Gasteiger partial charge on any atom is 0.291 e. The predicted octanol–water partition coefficient (Wildman–Crippen LogP) is 3.51. The molecule has 0 aliphatic heterocycles. The van der Waals surface area contributed by atoms with Crippen LogP contribution in [0.4, 0.5) is 0 Å². The van der Waals surface area contributed by atoms with Crippen molar-refractivity contribution >= 4 is 22.4 Å². The number of benzene rings is 2. The smallest absolute Gasteiger partial charge is 0.291 e. The topological polar surface area (TPSA) is 65.7 Å². The molecule has 0 saturated heterocycles. The quantitative estimate of drug-likeness (QED) is 0.507. The van der Waals surface area contributed by atoms with Crippen LogP contribution < -0.4 is 19.6 Å². The standard InChI is InChI=1S/C22H21N3O3S/c1-13(2)15-7-5-14(6-8-15)11-19-21(26)25-22(29-19)23-20(24-25)16-9-10-17(27-3)18(12-16)28-4/h5-13H,1-4H3. The maximum absolute atomic E-state index is 12.8. The summed E-state index contributed by atoms with van der Waals surface area (Å²) in [5, 5.41) is 4.40. The van der Waals surface area contributed by atoms with E-state index in [0.717, 1.165) is 11.1 Å². The molecule has 2 aromatic carbocycles. The van der Waals surface area contributed by atoms with E-state index in [0.29, 0.717) is 32.7 Å². The summed E-state index contributed by atoms with van der Waals surface area (Å²) in [6, 6.07) is 13.7. The van der Waals surface area contributed by atoms with Crippen molar-refractivity contribution in [3.05, 3.63) is 68.5 Å². The minimum atomic E-state index is -0.169. The highest BCUT2D eigenvalue weighted by Gasteiger charge is 2.14. The first kappa shape index (κ1) is 19.1. The highest BCUT2D eigenvalue weighted by Crippen LogP contribution is 2.31. The van der Waals surface area contributed by atoms with Gasteiger partial charge in [-0.05, 0) is 41.3 Å². The zero-order valence-electron chi connectivity index (χ0n) is 16.7. The molecule has 0 fully saturated rings. The molecule has 0 atom stereocenters. The Balaban J connectivity index is 1.72. The lowest BCUT2D eigenvalue weighted by molar-refractivity contribution is 0.355. The van der Waals surface area contributed by atoms with E-state index in [1.54, 1.807) is 26.4 Å². The Bertz CT molecular complexity index is 1270. The van der Waals surface area contributed by atoms with Gasteiger partial charge in [-0.25, -0.2) is 0 Å². The summed E-state index contributed by atoms with van der Waals surface area (Å²) in [5.41, 5.74) is 2.84. The second-order valence-electron chi connectivity index (χ2n) is 6.94. The Morgan fingerprint density at radius 1 is 1.03 bits per heavy atom. The van der Waals surface area contributed by atoms with E-state index in [1.807, 2.05) is 24.3 Å². The number of nitrogens with zero attached hydrogens (tertiary/aromatic N) is 3. The molecule has 0 spiro atoms. The molecule has 7 heteroatoms. The molecule has 6 nitrogen and oxygen atoms in total. The number of methoxy groups -OCH3 is 2. The van der Waals surface area contributed by atoms with Crippen LogP contribution in [-0.4, -0.2) is 28.8 Å². The van der Waals surface area contributed by atoms with Crippen LogP contribution in [0.2, 0.25) is 0 Å². The molecular formula is C22H21N3O3S. The van der Waals surface area contributed by atoms with Crippen LogP contribution in [0.5, 0.6) is 11.5 Å². The van der Waals surface area contributed by atoms with Gasteiger partial charge >= 0.3 is 0 Å². The number of rotatable bonds is 5. The molecule has 0 N–H and O–H groups in total. The molecule has 0 aliphatic rings. The summed E-state index contributed by atoms with van der Waals surface area (Å²) in [6.45, 7) is 4.31. The predicted molar refractivity (Wildman–Crippen MR) is 115 cm³/mol. The van der Waals surface area contributed by atoms with Crippen molar-refractivity contribution in [2.45, 2.75) is 19.8 Å². The Labute approximate surface area is 172 Å². The molecule has 0 bridgehead atoms. The molecule has 0 saturated carbocycles. The number of hydrogen-bond acceptors (Lipinski definition) is 6. The van der Waals surface area contributed by atoms with E-state index >= 15 is 0 Å². The fourth-order valence-electron chi connectivity index (χ4n) is 3.06. The SMILES string of the molecule is COc1ccc(-c2nc3sc(=Cc4ccc(C(C)C)cc4)c(=O)n3n2)cc1OC. The van der Waals surface area contributed by atoms with E-state index in [2.05, 4.69) is 36.1 Å². The van der Waals surface area contributed by atoms with Gasteiger partial charge < -0.3 is 9.47 Å². The van der Waals surface area contributed by atoms with Gasteiger partial charge in [-0.1, -0.05) is 49.4 Å². The zero-order valence-corrected chi connectivity index (χ0v) is 17.5. The summed E-state index contributed by atoms with van der Waals surface area (Å²) in [6.07, 6.45) is 1.88. The Kier molecular flexibility index (Phi) is 5.07.